The number of ketones is 1. The van der Waals surface area contributed by atoms with E-state index in [1.807, 2.05) is 73.7 Å². The Morgan fingerprint density at radius 1 is 0.757 bits per heavy atom. The van der Waals surface area contributed by atoms with E-state index in [0.29, 0.717) is 16.8 Å². The Bertz CT molecular complexity index is 1430. The molecule has 0 bridgehead atoms. The third-order valence-corrected chi connectivity index (χ3v) is 6.57. The van der Waals surface area contributed by atoms with Gasteiger partial charge in [0.25, 0.3) is 11.8 Å². The van der Waals surface area contributed by atoms with E-state index >= 15 is 0 Å². The van der Waals surface area contributed by atoms with Gasteiger partial charge in [0.05, 0.1) is 5.75 Å². The van der Waals surface area contributed by atoms with Crippen molar-refractivity contribution in [3.05, 3.63) is 137 Å². The average Bonchev–Trinajstić information content (AvgIpc) is 2.93. The summed E-state index contributed by atoms with van der Waals surface area (Å²) in [5.74, 6) is -0.506. The summed E-state index contributed by atoms with van der Waals surface area (Å²) >= 11 is 1.40. The molecular weight excluding hydrogens is 480 g/mol. The van der Waals surface area contributed by atoms with Gasteiger partial charge in [0.2, 0.25) is 0 Å². The van der Waals surface area contributed by atoms with Crippen LogP contribution in [0.4, 0.5) is 5.69 Å². The predicted octanol–water partition coefficient (Wildman–Crippen LogP) is 6.38. The van der Waals surface area contributed by atoms with Crippen molar-refractivity contribution in [2.45, 2.75) is 11.8 Å². The predicted molar refractivity (Wildman–Crippen MR) is 150 cm³/mol. The third kappa shape index (κ3) is 7.29. The van der Waals surface area contributed by atoms with Crippen LogP contribution in [0.15, 0.2) is 120 Å². The Labute approximate surface area is 220 Å². The summed E-state index contributed by atoms with van der Waals surface area (Å²) in [5, 5.41) is 5.64. The number of carbonyl (C=O) groups excluding carboxylic acids is 3. The lowest BCUT2D eigenvalue weighted by molar-refractivity contribution is -0.113. The van der Waals surface area contributed by atoms with E-state index in [1.165, 1.54) is 11.8 Å². The van der Waals surface area contributed by atoms with Gasteiger partial charge < -0.3 is 10.6 Å². The molecular formula is C31H26N2O3S. The number of benzene rings is 4. The van der Waals surface area contributed by atoms with Crippen molar-refractivity contribution in [1.29, 1.82) is 0 Å². The van der Waals surface area contributed by atoms with E-state index in [2.05, 4.69) is 10.6 Å². The molecule has 4 rings (SSSR count). The molecule has 0 aromatic heterocycles. The number of nitrogens with one attached hydrogen (secondary N) is 2. The van der Waals surface area contributed by atoms with Gasteiger partial charge in [-0.05, 0) is 54.5 Å². The van der Waals surface area contributed by atoms with E-state index in [0.717, 1.165) is 16.0 Å². The van der Waals surface area contributed by atoms with Crippen LogP contribution < -0.4 is 10.6 Å². The smallest absolute Gasteiger partial charge is 0.272 e. The maximum absolute atomic E-state index is 13.3. The van der Waals surface area contributed by atoms with Crippen LogP contribution in [0.1, 0.15) is 31.8 Å². The molecule has 0 unspecified atom stereocenters. The highest BCUT2D eigenvalue weighted by molar-refractivity contribution is 8.00. The standard InChI is InChI=1S/C31H26N2O3S/c1-22-11-8-9-16-25(22)19-28(33-30(35)24-14-6-3-7-15-24)31(36)32-26-17-10-18-27(20-26)37-21-29(34)23-12-4-2-5-13-23/h2-20H,21H2,1H3,(H,32,36)(H,33,35)/b28-19-. The van der Waals surface area contributed by atoms with Gasteiger partial charge in [-0.1, -0.05) is 78.9 Å². The number of Topliss-reactive ketones (excluding diaryl/α,β-unsaturated/α-hetero) is 1. The maximum atomic E-state index is 13.3. The molecule has 37 heavy (non-hydrogen) atoms. The summed E-state index contributed by atoms with van der Waals surface area (Å²) in [6.45, 7) is 1.94. The van der Waals surface area contributed by atoms with E-state index < -0.39 is 5.91 Å². The molecule has 2 amide bonds. The third-order valence-electron chi connectivity index (χ3n) is 5.57. The van der Waals surface area contributed by atoms with Gasteiger partial charge in [-0.2, -0.15) is 0 Å². The Morgan fingerprint density at radius 2 is 1.41 bits per heavy atom. The second-order valence-electron chi connectivity index (χ2n) is 8.29. The molecule has 6 heteroatoms. The van der Waals surface area contributed by atoms with E-state index in [1.54, 1.807) is 48.5 Å². The molecule has 4 aromatic carbocycles. The van der Waals surface area contributed by atoms with Gasteiger partial charge >= 0.3 is 0 Å². The van der Waals surface area contributed by atoms with E-state index in [-0.39, 0.29) is 23.1 Å². The summed E-state index contributed by atoms with van der Waals surface area (Å²) in [6, 6.07) is 32.8. The summed E-state index contributed by atoms with van der Waals surface area (Å²) in [5.41, 5.74) is 3.60. The SMILES string of the molecule is Cc1ccccc1/C=C(\NC(=O)c1ccccc1)C(=O)Nc1cccc(SCC(=O)c2ccccc2)c1. The van der Waals surface area contributed by atoms with Gasteiger partial charge in [0, 0.05) is 21.7 Å². The number of thioether (sulfide) groups is 1. The first-order chi connectivity index (χ1) is 18.0. The molecule has 0 heterocycles. The molecule has 2 N–H and O–H groups in total. The van der Waals surface area contributed by atoms with Crippen LogP contribution in [-0.2, 0) is 4.79 Å². The number of aryl methyl sites for hydroxylation is 1. The van der Waals surface area contributed by atoms with E-state index in [9.17, 15) is 14.4 Å². The molecule has 0 aliphatic carbocycles. The van der Waals surface area contributed by atoms with Gasteiger partial charge in [-0.3, -0.25) is 14.4 Å². The van der Waals surface area contributed by atoms with Crippen molar-refractivity contribution in [1.82, 2.24) is 5.32 Å². The molecule has 0 aliphatic heterocycles. The lowest BCUT2D eigenvalue weighted by Gasteiger charge is -2.13. The summed E-state index contributed by atoms with van der Waals surface area (Å²) in [7, 11) is 0. The summed E-state index contributed by atoms with van der Waals surface area (Å²) in [6.07, 6.45) is 1.67. The van der Waals surface area contributed by atoms with Crippen molar-refractivity contribution >= 4 is 41.1 Å². The fourth-order valence-electron chi connectivity index (χ4n) is 3.56. The summed E-state index contributed by atoms with van der Waals surface area (Å²) in [4.78, 5) is 39.4. The maximum Gasteiger partial charge on any atom is 0.272 e. The molecule has 0 spiro atoms. The highest BCUT2D eigenvalue weighted by atomic mass is 32.2. The molecule has 0 saturated heterocycles. The minimum Gasteiger partial charge on any atom is -0.321 e. The lowest BCUT2D eigenvalue weighted by Crippen LogP contribution is -2.30. The van der Waals surface area contributed by atoms with Gasteiger partial charge in [-0.25, -0.2) is 0 Å². The molecule has 0 aliphatic rings. The van der Waals surface area contributed by atoms with Gasteiger partial charge in [0.1, 0.15) is 5.70 Å². The minimum absolute atomic E-state index is 0.0344. The normalized spacial score (nSPS) is 11.0. The molecule has 0 fully saturated rings. The number of carbonyl (C=O) groups is 3. The number of rotatable bonds is 9. The van der Waals surface area contributed by atoms with Crippen molar-refractivity contribution in [3.63, 3.8) is 0 Å². The second kappa shape index (κ2) is 12.5. The molecule has 0 saturated carbocycles. The molecule has 5 nitrogen and oxygen atoms in total. The van der Waals surface area contributed by atoms with Crippen molar-refractivity contribution in [2.75, 3.05) is 11.1 Å². The quantitative estimate of drug-likeness (QED) is 0.157. The zero-order valence-electron chi connectivity index (χ0n) is 20.3. The van der Waals surface area contributed by atoms with Crippen LogP contribution in [-0.4, -0.2) is 23.4 Å². The Balaban J connectivity index is 1.50. The van der Waals surface area contributed by atoms with Crippen LogP contribution in [0.5, 0.6) is 0 Å². The molecule has 184 valence electrons. The number of amides is 2. The average molecular weight is 507 g/mol. The van der Waals surface area contributed by atoms with Crippen LogP contribution >= 0.6 is 11.8 Å². The zero-order valence-corrected chi connectivity index (χ0v) is 21.1. The van der Waals surface area contributed by atoms with E-state index in [4.69, 9.17) is 0 Å². The first-order valence-corrected chi connectivity index (χ1v) is 12.7. The van der Waals surface area contributed by atoms with Crippen molar-refractivity contribution in [2.24, 2.45) is 0 Å². The lowest BCUT2D eigenvalue weighted by atomic mass is 10.1. The van der Waals surface area contributed by atoms with Crippen LogP contribution in [0, 0.1) is 6.92 Å². The van der Waals surface area contributed by atoms with Crippen LogP contribution in [0.2, 0.25) is 0 Å². The number of hydrogen-bond donors (Lipinski definition) is 2. The minimum atomic E-state index is -0.449. The van der Waals surface area contributed by atoms with Crippen molar-refractivity contribution in [3.8, 4) is 0 Å². The van der Waals surface area contributed by atoms with Gasteiger partial charge in [0.15, 0.2) is 5.78 Å². The molecule has 0 atom stereocenters. The first-order valence-electron chi connectivity index (χ1n) is 11.8. The topological polar surface area (TPSA) is 75.3 Å². The summed E-state index contributed by atoms with van der Waals surface area (Å²) < 4.78 is 0. The highest BCUT2D eigenvalue weighted by Gasteiger charge is 2.16. The second-order valence-corrected chi connectivity index (χ2v) is 9.34. The largest absolute Gasteiger partial charge is 0.321 e. The monoisotopic (exact) mass is 506 g/mol. The fraction of sp³-hybridized carbons (Fsp3) is 0.0645. The van der Waals surface area contributed by atoms with Crippen LogP contribution in [0.3, 0.4) is 0 Å². The van der Waals surface area contributed by atoms with Gasteiger partial charge in [-0.15, -0.1) is 11.8 Å². The fourth-order valence-corrected chi connectivity index (χ4v) is 4.41. The zero-order chi connectivity index (χ0) is 26.0. The first kappa shape index (κ1) is 25.7. The van der Waals surface area contributed by atoms with Crippen LogP contribution in [0.25, 0.3) is 6.08 Å². The Kier molecular flexibility index (Phi) is 8.68. The number of hydrogen-bond acceptors (Lipinski definition) is 4. The number of anilines is 1. The Hall–Kier alpha value is -4.42. The Morgan fingerprint density at radius 3 is 2.11 bits per heavy atom. The van der Waals surface area contributed by atoms with Crippen molar-refractivity contribution < 1.29 is 14.4 Å². The highest BCUT2D eigenvalue weighted by Crippen LogP contribution is 2.23. The molecule has 0 radical (unpaired) electrons. The molecule has 4 aromatic rings.